The number of esters is 2. The monoisotopic (exact) mass is 236 g/mol. The second-order valence-corrected chi connectivity index (χ2v) is 3.78. The molecule has 0 spiro atoms. The van der Waals surface area contributed by atoms with E-state index < -0.39 is 0 Å². The molecule has 0 saturated heterocycles. The van der Waals surface area contributed by atoms with Gasteiger partial charge in [-0.2, -0.15) is 0 Å². The van der Waals surface area contributed by atoms with Crippen LogP contribution in [0.3, 0.4) is 0 Å². The minimum absolute atomic E-state index is 0.170. The molecular weight excluding hydrogens is 220 g/mol. The zero-order chi connectivity index (χ0) is 12.8. The van der Waals surface area contributed by atoms with E-state index in [1.165, 1.54) is 14.2 Å². The molecule has 0 amide bonds. The lowest BCUT2D eigenvalue weighted by molar-refractivity contribution is -0.141. The second-order valence-electron chi connectivity index (χ2n) is 3.78. The fraction of sp³-hybridized carbons (Fsp3) is 0.385. The molecule has 0 bridgehead atoms. The summed E-state index contributed by atoms with van der Waals surface area (Å²) in [6.07, 6.45) is 0.341. The van der Waals surface area contributed by atoms with Crippen LogP contribution in [0.4, 0.5) is 0 Å². The van der Waals surface area contributed by atoms with Gasteiger partial charge in [0.2, 0.25) is 0 Å². The second kappa shape index (κ2) is 6.03. The van der Waals surface area contributed by atoms with Crippen LogP contribution in [0.2, 0.25) is 0 Å². The normalized spacial score (nSPS) is 9.82. The molecule has 0 aliphatic carbocycles. The van der Waals surface area contributed by atoms with Gasteiger partial charge in [-0.1, -0.05) is 23.8 Å². The zero-order valence-electron chi connectivity index (χ0n) is 10.3. The van der Waals surface area contributed by atoms with Crippen molar-refractivity contribution >= 4 is 11.9 Å². The molecule has 1 aromatic carbocycles. The molecule has 0 unspecified atom stereocenters. The van der Waals surface area contributed by atoms with Crippen LogP contribution in [0.15, 0.2) is 18.2 Å². The topological polar surface area (TPSA) is 52.6 Å². The van der Waals surface area contributed by atoms with Gasteiger partial charge in [0.15, 0.2) is 0 Å². The number of carbonyl (C=O) groups is 2. The number of benzene rings is 1. The Morgan fingerprint density at radius 1 is 1.00 bits per heavy atom. The smallest absolute Gasteiger partial charge is 0.309 e. The molecule has 0 aromatic heterocycles. The summed E-state index contributed by atoms with van der Waals surface area (Å²) >= 11 is 0. The van der Waals surface area contributed by atoms with Crippen LogP contribution < -0.4 is 0 Å². The van der Waals surface area contributed by atoms with Crippen LogP contribution in [0.1, 0.15) is 16.7 Å². The van der Waals surface area contributed by atoms with Gasteiger partial charge in [0.25, 0.3) is 0 Å². The standard InChI is InChI=1S/C13H16O4/c1-9-4-5-10(7-12(14)16-2)11(6-9)8-13(15)17-3/h4-6H,7-8H2,1-3H3. The van der Waals surface area contributed by atoms with E-state index in [-0.39, 0.29) is 24.8 Å². The van der Waals surface area contributed by atoms with Gasteiger partial charge in [-0.15, -0.1) is 0 Å². The molecule has 0 N–H and O–H groups in total. The maximum absolute atomic E-state index is 11.3. The van der Waals surface area contributed by atoms with Crippen molar-refractivity contribution in [3.05, 3.63) is 34.9 Å². The molecule has 0 aliphatic heterocycles. The van der Waals surface area contributed by atoms with Crippen molar-refractivity contribution in [2.45, 2.75) is 19.8 Å². The number of methoxy groups -OCH3 is 2. The molecule has 17 heavy (non-hydrogen) atoms. The number of hydrogen-bond acceptors (Lipinski definition) is 4. The Hall–Kier alpha value is -1.84. The van der Waals surface area contributed by atoms with Gasteiger partial charge in [-0.05, 0) is 18.1 Å². The molecular formula is C13H16O4. The number of ether oxygens (including phenoxy) is 2. The Bertz CT molecular complexity index is 423. The molecule has 92 valence electrons. The maximum Gasteiger partial charge on any atom is 0.309 e. The zero-order valence-corrected chi connectivity index (χ0v) is 10.3. The van der Waals surface area contributed by atoms with Gasteiger partial charge in [-0.3, -0.25) is 9.59 Å². The van der Waals surface area contributed by atoms with Crippen LogP contribution in [0.5, 0.6) is 0 Å². The van der Waals surface area contributed by atoms with Gasteiger partial charge in [0, 0.05) is 0 Å². The Balaban J connectivity index is 2.95. The average molecular weight is 236 g/mol. The Labute approximate surface area is 101 Å². The number of rotatable bonds is 4. The molecule has 0 atom stereocenters. The van der Waals surface area contributed by atoms with Crippen molar-refractivity contribution in [2.24, 2.45) is 0 Å². The van der Waals surface area contributed by atoms with E-state index in [0.29, 0.717) is 0 Å². The lowest BCUT2D eigenvalue weighted by atomic mass is 9.99. The Morgan fingerprint density at radius 2 is 1.53 bits per heavy atom. The first-order valence-electron chi connectivity index (χ1n) is 5.29. The predicted molar refractivity (Wildman–Crippen MR) is 62.6 cm³/mol. The third kappa shape index (κ3) is 3.90. The summed E-state index contributed by atoms with van der Waals surface area (Å²) in [5.41, 5.74) is 2.65. The largest absolute Gasteiger partial charge is 0.469 e. The summed E-state index contributed by atoms with van der Waals surface area (Å²) in [5, 5.41) is 0. The molecule has 4 nitrogen and oxygen atoms in total. The van der Waals surface area contributed by atoms with Crippen molar-refractivity contribution in [3.63, 3.8) is 0 Å². The molecule has 1 aromatic rings. The highest BCUT2D eigenvalue weighted by molar-refractivity contribution is 5.76. The van der Waals surface area contributed by atoms with Crippen LogP contribution >= 0.6 is 0 Å². The summed E-state index contributed by atoms with van der Waals surface area (Å²) in [5.74, 6) is -0.637. The molecule has 0 radical (unpaired) electrons. The van der Waals surface area contributed by atoms with Gasteiger partial charge >= 0.3 is 11.9 Å². The first-order valence-corrected chi connectivity index (χ1v) is 5.29. The molecule has 0 aliphatic rings. The molecule has 0 saturated carbocycles. The predicted octanol–water partition coefficient (Wildman–Crippen LogP) is 1.43. The Morgan fingerprint density at radius 3 is 2.06 bits per heavy atom. The Kier molecular flexibility index (Phi) is 4.69. The highest BCUT2D eigenvalue weighted by Crippen LogP contribution is 2.14. The van der Waals surface area contributed by atoms with Gasteiger partial charge in [0.05, 0.1) is 27.1 Å². The summed E-state index contributed by atoms with van der Waals surface area (Å²) in [6.45, 7) is 1.93. The first-order chi connectivity index (χ1) is 8.06. The average Bonchev–Trinajstić information content (AvgIpc) is 2.32. The quantitative estimate of drug-likeness (QED) is 0.742. The van der Waals surface area contributed by atoms with Gasteiger partial charge in [0.1, 0.15) is 0 Å². The highest BCUT2D eigenvalue weighted by Gasteiger charge is 2.11. The minimum Gasteiger partial charge on any atom is -0.469 e. The van der Waals surface area contributed by atoms with Crippen LogP contribution in [0, 0.1) is 6.92 Å². The van der Waals surface area contributed by atoms with E-state index >= 15 is 0 Å². The van der Waals surface area contributed by atoms with E-state index in [0.717, 1.165) is 16.7 Å². The van der Waals surface area contributed by atoms with E-state index in [4.69, 9.17) is 0 Å². The molecule has 1 rings (SSSR count). The SMILES string of the molecule is COC(=O)Cc1ccc(C)cc1CC(=O)OC. The maximum atomic E-state index is 11.3. The minimum atomic E-state index is -0.319. The number of aryl methyl sites for hydroxylation is 1. The van der Waals surface area contributed by atoms with Gasteiger partial charge < -0.3 is 9.47 Å². The van der Waals surface area contributed by atoms with E-state index in [1.54, 1.807) is 0 Å². The third-order valence-electron chi connectivity index (χ3n) is 2.49. The van der Waals surface area contributed by atoms with Crippen molar-refractivity contribution in [1.29, 1.82) is 0 Å². The molecule has 4 heteroatoms. The lowest BCUT2D eigenvalue weighted by Crippen LogP contribution is -2.11. The molecule has 0 fully saturated rings. The summed E-state index contributed by atoms with van der Waals surface area (Å²) in [7, 11) is 2.69. The third-order valence-corrected chi connectivity index (χ3v) is 2.49. The van der Waals surface area contributed by atoms with Crippen LogP contribution in [-0.4, -0.2) is 26.2 Å². The van der Waals surface area contributed by atoms with E-state index in [2.05, 4.69) is 9.47 Å². The van der Waals surface area contributed by atoms with Crippen molar-refractivity contribution in [3.8, 4) is 0 Å². The van der Waals surface area contributed by atoms with Crippen LogP contribution in [0.25, 0.3) is 0 Å². The van der Waals surface area contributed by atoms with E-state index in [9.17, 15) is 9.59 Å². The van der Waals surface area contributed by atoms with Crippen molar-refractivity contribution in [2.75, 3.05) is 14.2 Å². The summed E-state index contributed by atoms with van der Waals surface area (Å²) < 4.78 is 9.24. The molecule has 0 heterocycles. The fourth-order valence-electron chi connectivity index (χ4n) is 1.55. The first kappa shape index (κ1) is 13.2. The number of carbonyl (C=O) groups excluding carboxylic acids is 2. The highest BCUT2D eigenvalue weighted by atomic mass is 16.5. The number of hydrogen-bond donors (Lipinski definition) is 0. The fourth-order valence-corrected chi connectivity index (χ4v) is 1.55. The van der Waals surface area contributed by atoms with Crippen molar-refractivity contribution in [1.82, 2.24) is 0 Å². The van der Waals surface area contributed by atoms with Gasteiger partial charge in [-0.25, -0.2) is 0 Å². The lowest BCUT2D eigenvalue weighted by Gasteiger charge is -2.09. The van der Waals surface area contributed by atoms with E-state index in [1.807, 2.05) is 25.1 Å². The van der Waals surface area contributed by atoms with Crippen LogP contribution in [-0.2, 0) is 31.9 Å². The summed E-state index contributed by atoms with van der Waals surface area (Å²) in [6, 6.07) is 5.62. The van der Waals surface area contributed by atoms with Crippen molar-refractivity contribution < 1.29 is 19.1 Å². The summed E-state index contributed by atoms with van der Waals surface area (Å²) in [4.78, 5) is 22.5.